The highest BCUT2D eigenvalue weighted by molar-refractivity contribution is 5.99. The van der Waals surface area contributed by atoms with Crippen LogP contribution in [0, 0.1) is 6.92 Å². The van der Waals surface area contributed by atoms with Gasteiger partial charge in [0.15, 0.2) is 11.5 Å². The fourth-order valence-corrected chi connectivity index (χ4v) is 3.58. The number of hydrogen-bond acceptors (Lipinski definition) is 4. The van der Waals surface area contributed by atoms with Gasteiger partial charge in [-0.3, -0.25) is 9.20 Å². The predicted octanol–water partition coefficient (Wildman–Crippen LogP) is 2.66. The Labute approximate surface area is 155 Å². The summed E-state index contributed by atoms with van der Waals surface area (Å²) in [5, 5.41) is 0. The Morgan fingerprint density at radius 2 is 1.96 bits per heavy atom. The van der Waals surface area contributed by atoms with Crippen molar-refractivity contribution >= 4 is 22.6 Å². The summed E-state index contributed by atoms with van der Waals surface area (Å²) >= 11 is 0. The van der Waals surface area contributed by atoms with Gasteiger partial charge < -0.3 is 14.6 Å². The van der Waals surface area contributed by atoms with Gasteiger partial charge in [-0.05, 0) is 30.7 Å². The van der Waals surface area contributed by atoms with Gasteiger partial charge in [-0.25, -0.2) is 9.97 Å². The Morgan fingerprint density at radius 1 is 1.11 bits per heavy atom. The van der Waals surface area contributed by atoms with E-state index in [1.807, 2.05) is 53.9 Å². The van der Waals surface area contributed by atoms with Crippen LogP contribution in [0.15, 0.2) is 42.6 Å². The number of carbonyl (C=O) groups is 1. The van der Waals surface area contributed by atoms with E-state index >= 15 is 0 Å². The third-order valence-corrected chi connectivity index (χ3v) is 4.97. The second-order valence-electron chi connectivity index (χ2n) is 6.70. The molecule has 4 heterocycles. The number of benzene rings is 1. The zero-order valence-corrected chi connectivity index (χ0v) is 15.0. The molecule has 1 saturated heterocycles. The Hall–Kier alpha value is -3.19. The van der Waals surface area contributed by atoms with Gasteiger partial charge in [0.2, 0.25) is 0 Å². The number of carbonyl (C=O) groups excluding carboxylic acids is 1. The average Bonchev–Trinajstić information content (AvgIpc) is 3.30. The molecule has 27 heavy (non-hydrogen) atoms. The number of para-hydroxylation sites is 1. The highest BCUT2D eigenvalue weighted by Crippen LogP contribution is 2.27. The van der Waals surface area contributed by atoms with Crippen LogP contribution in [0.1, 0.15) is 16.1 Å². The molecule has 7 heteroatoms. The molecule has 1 aromatic carbocycles. The molecule has 0 atom stereocenters. The quantitative estimate of drug-likeness (QED) is 0.596. The molecule has 0 spiro atoms. The molecule has 5 rings (SSSR count). The number of amides is 1. The molecule has 0 saturated carbocycles. The minimum atomic E-state index is -0.0887. The summed E-state index contributed by atoms with van der Waals surface area (Å²) in [4.78, 5) is 27.8. The largest absolute Gasteiger partial charge is 0.378 e. The summed E-state index contributed by atoms with van der Waals surface area (Å²) in [5.74, 6) is 0.559. The Bertz CT molecular complexity index is 1150. The second-order valence-corrected chi connectivity index (χ2v) is 6.70. The highest BCUT2D eigenvalue weighted by Gasteiger charge is 2.27. The maximum atomic E-state index is 13.2. The summed E-state index contributed by atoms with van der Waals surface area (Å²) in [6, 6.07) is 11.8. The van der Waals surface area contributed by atoms with Crippen LogP contribution in [0.5, 0.6) is 0 Å². The average molecular weight is 361 g/mol. The fourth-order valence-electron chi connectivity index (χ4n) is 3.58. The van der Waals surface area contributed by atoms with Crippen molar-refractivity contribution in [2.24, 2.45) is 0 Å². The normalized spacial score (nSPS) is 14.9. The molecule has 4 aromatic rings. The van der Waals surface area contributed by atoms with Crippen molar-refractivity contribution in [1.29, 1.82) is 0 Å². The number of nitrogens with zero attached hydrogens (tertiary/aromatic N) is 4. The predicted molar refractivity (Wildman–Crippen MR) is 102 cm³/mol. The number of aromatic nitrogens is 4. The first kappa shape index (κ1) is 16.0. The molecule has 136 valence electrons. The van der Waals surface area contributed by atoms with E-state index < -0.39 is 0 Å². The van der Waals surface area contributed by atoms with Crippen LogP contribution in [-0.4, -0.2) is 56.5 Å². The zero-order valence-electron chi connectivity index (χ0n) is 15.0. The standard InChI is InChI=1S/C20H19N5O2/c1-13-5-4-6-14-16(13)23-19(21-14)18-17(20(26)24-9-11-27-12-10-24)22-15-7-2-3-8-25(15)18/h2-8H,9-12H2,1H3,(H,21,23). The molecular weight excluding hydrogens is 342 g/mol. The molecule has 1 aliphatic heterocycles. The number of rotatable bonds is 2. The van der Waals surface area contributed by atoms with Crippen LogP contribution in [0.25, 0.3) is 28.2 Å². The van der Waals surface area contributed by atoms with Gasteiger partial charge in [0.1, 0.15) is 11.3 Å². The number of H-pyrrole nitrogens is 1. The minimum absolute atomic E-state index is 0.0887. The van der Waals surface area contributed by atoms with Crippen molar-refractivity contribution in [3.05, 3.63) is 53.9 Å². The molecule has 0 unspecified atom stereocenters. The topological polar surface area (TPSA) is 75.5 Å². The van der Waals surface area contributed by atoms with Crippen LogP contribution in [-0.2, 0) is 4.74 Å². The van der Waals surface area contributed by atoms with Crippen LogP contribution in [0.2, 0.25) is 0 Å². The first-order valence-electron chi connectivity index (χ1n) is 9.02. The highest BCUT2D eigenvalue weighted by atomic mass is 16.5. The van der Waals surface area contributed by atoms with Crippen molar-refractivity contribution in [3.8, 4) is 11.5 Å². The molecule has 0 aliphatic carbocycles. The van der Waals surface area contributed by atoms with Gasteiger partial charge in [-0.15, -0.1) is 0 Å². The summed E-state index contributed by atoms with van der Waals surface area (Å²) in [7, 11) is 0. The summed E-state index contributed by atoms with van der Waals surface area (Å²) in [6.45, 7) is 4.29. The maximum absolute atomic E-state index is 13.2. The number of hydrogen-bond donors (Lipinski definition) is 1. The lowest BCUT2D eigenvalue weighted by Gasteiger charge is -2.26. The molecule has 1 aliphatic rings. The van der Waals surface area contributed by atoms with Gasteiger partial charge >= 0.3 is 0 Å². The Kier molecular flexibility index (Phi) is 3.68. The number of ether oxygens (including phenoxy) is 1. The number of fused-ring (bicyclic) bond motifs is 2. The second kappa shape index (κ2) is 6.21. The lowest BCUT2D eigenvalue weighted by molar-refractivity contribution is 0.0300. The molecule has 7 nitrogen and oxygen atoms in total. The van der Waals surface area contributed by atoms with Gasteiger partial charge in [0.05, 0.1) is 24.2 Å². The van der Waals surface area contributed by atoms with Crippen molar-refractivity contribution in [2.75, 3.05) is 26.3 Å². The van der Waals surface area contributed by atoms with E-state index in [4.69, 9.17) is 9.72 Å². The third kappa shape index (κ3) is 2.59. The number of imidazole rings is 2. The molecular formula is C20H19N5O2. The van der Waals surface area contributed by atoms with E-state index in [1.54, 1.807) is 4.90 Å². The van der Waals surface area contributed by atoms with Gasteiger partial charge in [0.25, 0.3) is 5.91 Å². The molecule has 3 aromatic heterocycles. The van der Waals surface area contributed by atoms with E-state index in [0.29, 0.717) is 43.5 Å². The number of nitrogens with one attached hydrogen (secondary N) is 1. The summed E-state index contributed by atoms with van der Waals surface area (Å²) in [5.41, 5.74) is 4.77. The van der Waals surface area contributed by atoms with Crippen LogP contribution >= 0.6 is 0 Å². The summed E-state index contributed by atoms with van der Waals surface area (Å²) < 4.78 is 7.29. The number of morpholine rings is 1. The first-order valence-corrected chi connectivity index (χ1v) is 9.02. The summed E-state index contributed by atoms with van der Waals surface area (Å²) in [6.07, 6.45) is 1.91. The first-order chi connectivity index (χ1) is 13.2. The third-order valence-electron chi connectivity index (χ3n) is 4.97. The number of aromatic amines is 1. The van der Waals surface area contributed by atoms with Crippen molar-refractivity contribution in [1.82, 2.24) is 24.3 Å². The Morgan fingerprint density at radius 3 is 2.78 bits per heavy atom. The molecule has 1 N–H and O–H groups in total. The number of aryl methyl sites for hydroxylation is 1. The van der Waals surface area contributed by atoms with E-state index in [-0.39, 0.29) is 5.91 Å². The van der Waals surface area contributed by atoms with Crippen molar-refractivity contribution in [2.45, 2.75) is 6.92 Å². The maximum Gasteiger partial charge on any atom is 0.275 e. The smallest absolute Gasteiger partial charge is 0.275 e. The van der Waals surface area contributed by atoms with E-state index in [0.717, 1.165) is 22.2 Å². The van der Waals surface area contributed by atoms with Gasteiger partial charge in [-0.2, -0.15) is 0 Å². The molecule has 1 fully saturated rings. The Balaban J connectivity index is 1.71. The zero-order chi connectivity index (χ0) is 18.4. The van der Waals surface area contributed by atoms with Crippen molar-refractivity contribution in [3.63, 3.8) is 0 Å². The SMILES string of the molecule is Cc1cccc2[nH]c(-c3c(C(=O)N4CCOCC4)nc4ccccn34)nc12. The minimum Gasteiger partial charge on any atom is -0.378 e. The molecule has 0 radical (unpaired) electrons. The van der Waals surface area contributed by atoms with Crippen LogP contribution in [0.4, 0.5) is 0 Å². The fraction of sp³-hybridized carbons (Fsp3) is 0.250. The van der Waals surface area contributed by atoms with E-state index in [2.05, 4.69) is 9.97 Å². The van der Waals surface area contributed by atoms with Crippen LogP contribution in [0.3, 0.4) is 0 Å². The van der Waals surface area contributed by atoms with Gasteiger partial charge in [-0.1, -0.05) is 18.2 Å². The monoisotopic (exact) mass is 361 g/mol. The lowest BCUT2D eigenvalue weighted by atomic mass is 10.2. The van der Waals surface area contributed by atoms with Gasteiger partial charge in [0, 0.05) is 19.3 Å². The van der Waals surface area contributed by atoms with Crippen molar-refractivity contribution < 1.29 is 9.53 Å². The van der Waals surface area contributed by atoms with E-state index in [9.17, 15) is 4.79 Å². The lowest BCUT2D eigenvalue weighted by Crippen LogP contribution is -2.41. The molecule has 0 bridgehead atoms. The molecule has 1 amide bonds. The van der Waals surface area contributed by atoms with E-state index in [1.165, 1.54) is 0 Å². The number of pyridine rings is 1. The van der Waals surface area contributed by atoms with Crippen LogP contribution < -0.4 is 0 Å².